The molecule has 1 rings (SSSR count). The number of aliphatic hydroxyl groups is 1. The van der Waals surface area contributed by atoms with Gasteiger partial charge in [-0.2, -0.15) is 5.26 Å². The number of benzene rings is 1. The van der Waals surface area contributed by atoms with Gasteiger partial charge in [0.05, 0.1) is 6.61 Å². The molecule has 3 nitrogen and oxygen atoms in total. The molecule has 1 aromatic rings. The Bertz CT molecular complexity index is 373. The smallest absolute Gasteiger partial charge is 0.184 e. The Balaban J connectivity index is 2.83. The molecule has 15 heavy (non-hydrogen) atoms. The minimum atomic E-state index is -0.639. The van der Waals surface area contributed by atoms with Crippen LogP contribution in [0.4, 0.5) is 4.39 Å². The molecule has 0 saturated heterocycles. The third-order valence-electron chi connectivity index (χ3n) is 1.96. The first-order valence-electron chi connectivity index (χ1n) is 4.66. The van der Waals surface area contributed by atoms with Gasteiger partial charge in [-0.1, -0.05) is 13.0 Å². The van der Waals surface area contributed by atoms with E-state index >= 15 is 0 Å². The van der Waals surface area contributed by atoms with E-state index in [0.717, 1.165) is 0 Å². The van der Waals surface area contributed by atoms with Crippen LogP contribution in [0.15, 0.2) is 18.2 Å². The molecule has 1 N–H and O–H groups in total. The highest BCUT2D eigenvalue weighted by atomic mass is 19.1. The molecule has 1 aromatic carbocycles. The van der Waals surface area contributed by atoms with Crippen LogP contribution in [-0.4, -0.2) is 11.2 Å². The van der Waals surface area contributed by atoms with Crippen LogP contribution in [0.2, 0.25) is 0 Å². The maximum Gasteiger partial charge on any atom is 0.184 e. The van der Waals surface area contributed by atoms with Crippen LogP contribution in [-0.2, 0) is 6.61 Å². The van der Waals surface area contributed by atoms with Gasteiger partial charge in [0, 0.05) is 0 Å². The van der Waals surface area contributed by atoms with E-state index in [1.165, 1.54) is 12.1 Å². The van der Waals surface area contributed by atoms with E-state index < -0.39 is 11.9 Å². The lowest BCUT2D eigenvalue weighted by atomic mass is 10.2. The topological polar surface area (TPSA) is 53.2 Å². The summed E-state index contributed by atoms with van der Waals surface area (Å²) < 4.78 is 18.4. The second-order valence-electron chi connectivity index (χ2n) is 3.07. The van der Waals surface area contributed by atoms with E-state index in [1.807, 2.05) is 6.07 Å². The summed E-state index contributed by atoms with van der Waals surface area (Å²) in [6.07, 6.45) is -0.142. The average Bonchev–Trinajstić information content (AvgIpc) is 2.27. The van der Waals surface area contributed by atoms with Crippen molar-refractivity contribution in [2.75, 3.05) is 0 Å². The Morgan fingerprint density at radius 3 is 2.80 bits per heavy atom. The summed E-state index contributed by atoms with van der Waals surface area (Å²) in [5, 5.41) is 17.4. The van der Waals surface area contributed by atoms with E-state index in [-0.39, 0.29) is 12.4 Å². The lowest BCUT2D eigenvalue weighted by Gasteiger charge is -2.11. The Labute approximate surface area is 87.7 Å². The zero-order valence-electron chi connectivity index (χ0n) is 8.40. The van der Waals surface area contributed by atoms with Gasteiger partial charge in [-0.05, 0) is 24.1 Å². The second kappa shape index (κ2) is 5.32. The van der Waals surface area contributed by atoms with Gasteiger partial charge in [-0.25, -0.2) is 4.39 Å². The Hall–Kier alpha value is -1.60. The molecule has 0 amide bonds. The number of ether oxygens (including phenoxy) is 1. The van der Waals surface area contributed by atoms with Gasteiger partial charge in [-0.3, -0.25) is 0 Å². The summed E-state index contributed by atoms with van der Waals surface area (Å²) in [5.74, 6) is -0.518. The third-order valence-corrected chi connectivity index (χ3v) is 1.96. The van der Waals surface area contributed by atoms with Crippen LogP contribution in [0.1, 0.15) is 18.9 Å². The molecule has 80 valence electrons. The van der Waals surface area contributed by atoms with Crippen molar-refractivity contribution in [1.82, 2.24) is 0 Å². The zero-order chi connectivity index (χ0) is 11.3. The molecule has 1 atom stereocenters. The highest BCUT2D eigenvalue weighted by Crippen LogP contribution is 2.20. The minimum Gasteiger partial charge on any atom is -0.473 e. The fourth-order valence-corrected chi connectivity index (χ4v) is 1.09. The molecule has 0 fully saturated rings. The fourth-order valence-electron chi connectivity index (χ4n) is 1.09. The maximum absolute atomic E-state index is 13.3. The molecule has 4 heteroatoms. The number of halogens is 1. The Kier molecular flexibility index (Phi) is 4.07. The van der Waals surface area contributed by atoms with Gasteiger partial charge in [0.2, 0.25) is 0 Å². The second-order valence-corrected chi connectivity index (χ2v) is 3.07. The SMILES string of the molecule is CCC(C#N)Oc1ccc(CO)cc1F. The summed E-state index contributed by atoms with van der Waals surface area (Å²) in [5.41, 5.74) is 0.477. The minimum absolute atomic E-state index is 0.0422. The predicted octanol–water partition coefficient (Wildman–Crippen LogP) is 2.00. The molecule has 0 aliphatic rings. The average molecular weight is 209 g/mol. The van der Waals surface area contributed by atoms with Crippen LogP contribution >= 0.6 is 0 Å². The highest BCUT2D eigenvalue weighted by molar-refractivity contribution is 5.29. The lowest BCUT2D eigenvalue weighted by molar-refractivity contribution is 0.239. The Morgan fingerprint density at radius 2 is 2.33 bits per heavy atom. The quantitative estimate of drug-likeness (QED) is 0.825. The number of nitrogens with zero attached hydrogens (tertiary/aromatic N) is 1. The van der Waals surface area contributed by atoms with Crippen LogP contribution in [0, 0.1) is 17.1 Å². The predicted molar refractivity (Wildman–Crippen MR) is 52.6 cm³/mol. The van der Waals surface area contributed by atoms with E-state index in [4.69, 9.17) is 15.1 Å². The summed E-state index contributed by atoms with van der Waals surface area (Å²) >= 11 is 0. The van der Waals surface area contributed by atoms with Gasteiger partial charge >= 0.3 is 0 Å². The molecular weight excluding hydrogens is 197 g/mol. The monoisotopic (exact) mass is 209 g/mol. The fraction of sp³-hybridized carbons (Fsp3) is 0.364. The molecule has 0 heterocycles. The van der Waals surface area contributed by atoms with E-state index in [1.54, 1.807) is 13.0 Å². The van der Waals surface area contributed by atoms with Crippen LogP contribution in [0.5, 0.6) is 5.75 Å². The molecule has 0 spiro atoms. The van der Waals surface area contributed by atoms with Gasteiger partial charge in [0.25, 0.3) is 0 Å². The van der Waals surface area contributed by atoms with Gasteiger partial charge in [-0.15, -0.1) is 0 Å². The molecule has 0 bridgehead atoms. The van der Waals surface area contributed by atoms with Gasteiger partial charge in [0.1, 0.15) is 6.07 Å². The lowest BCUT2D eigenvalue weighted by Crippen LogP contribution is -2.13. The standard InChI is InChI=1S/C11H12FNO2/c1-2-9(6-13)15-11-4-3-8(7-14)5-10(11)12/h3-5,9,14H,2,7H2,1H3. The molecule has 0 radical (unpaired) electrons. The highest BCUT2D eigenvalue weighted by Gasteiger charge is 2.10. The van der Waals surface area contributed by atoms with Gasteiger partial charge in [0.15, 0.2) is 17.7 Å². The first-order valence-corrected chi connectivity index (χ1v) is 4.66. The molecular formula is C11H12FNO2. The summed E-state index contributed by atoms with van der Waals surface area (Å²) in [7, 11) is 0. The maximum atomic E-state index is 13.3. The van der Waals surface area contributed by atoms with E-state index in [0.29, 0.717) is 12.0 Å². The van der Waals surface area contributed by atoms with Crippen molar-refractivity contribution in [2.24, 2.45) is 0 Å². The summed E-state index contributed by atoms with van der Waals surface area (Å²) in [6.45, 7) is 1.57. The largest absolute Gasteiger partial charge is 0.473 e. The van der Waals surface area contributed by atoms with Crippen LogP contribution in [0.3, 0.4) is 0 Å². The van der Waals surface area contributed by atoms with Crippen molar-refractivity contribution in [3.8, 4) is 11.8 Å². The first kappa shape index (κ1) is 11.5. The van der Waals surface area contributed by atoms with Crippen molar-refractivity contribution in [1.29, 1.82) is 5.26 Å². The zero-order valence-corrected chi connectivity index (χ0v) is 8.40. The van der Waals surface area contributed by atoms with Crippen molar-refractivity contribution in [3.05, 3.63) is 29.6 Å². The number of nitriles is 1. The third kappa shape index (κ3) is 2.93. The van der Waals surface area contributed by atoms with Crippen molar-refractivity contribution < 1.29 is 14.2 Å². The number of aliphatic hydroxyl groups excluding tert-OH is 1. The number of hydrogen-bond donors (Lipinski definition) is 1. The first-order chi connectivity index (χ1) is 7.21. The van der Waals surface area contributed by atoms with E-state index in [2.05, 4.69) is 0 Å². The van der Waals surface area contributed by atoms with Crippen molar-refractivity contribution in [3.63, 3.8) is 0 Å². The molecule has 0 aromatic heterocycles. The molecule has 0 aliphatic carbocycles. The molecule has 0 aliphatic heterocycles. The summed E-state index contributed by atoms with van der Waals surface area (Å²) in [6, 6.07) is 6.09. The van der Waals surface area contributed by atoms with Crippen LogP contribution in [0.25, 0.3) is 0 Å². The van der Waals surface area contributed by atoms with Crippen LogP contribution < -0.4 is 4.74 Å². The number of hydrogen-bond acceptors (Lipinski definition) is 3. The van der Waals surface area contributed by atoms with E-state index in [9.17, 15) is 4.39 Å². The Morgan fingerprint density at radius 1 is 1.60 bits per heavy atom. The van der Waals surface area contributed by atoms with Crippen molar-refractivity contribution >= 4 is 0 Å². The normalized spacial score (nSPS) is 11.9. The molecule has 1 unspecified atom stereocenters. The van der Waals surface area contributed by atoms with Gasteiger partial charge < -0.3 is 9.84 Å². The molecule has 0 saturated carbocycles. The summed E-state index contributed by atoms with van der Waals surface area (Å²) in [4.78, 5) is 0. The number of rotatable bonds is 4. The van der Waals surface area contributed by atoms with Crippen molar-refractivity contribution in [2.45, 2.75) is 26.1 Å².